The predicted molar refractivity (Wildman–Crippen MR) is 138 cm³/mol. The first kappa shape index (κ1) is 23.0. The molecule has 0 atom stereocenters. The average Bonchev–Trinajstić information content (AvgIpc) is 3.04. The van der Waals surface area contributed by atoms with E-state index in [4.69, 9.17) is 19.9 Å². The summed E-state index contributed by atoms with van der Waals surface area (Å²) in [5.74, 6) is 0. The van der Waals surface area contributed by atoms with Crippen molar-refractivity contribution in [3.05, 3.63) is 80.9 Å². The molecule has 0 spiro atoms. The van der Waals surface area contributed by atoms with Gasteiger partial charge in [0, 0.05) is 11.4 Å². The molecule has 3 aromatic rings. The monoisotopic (exact) mass is 438 g/mol. The first-order valence-corrected chi connectivity index (χ1v) is 12.4. The van der Waals surface area contributed by atoms with Crippen LogP contribution in [-0.2, 0) is 25.8 Å². The second-order valence-corrected chi connectivity index (χ2v) is 8.29. The van der Waals surface area contributed by atoms with Gasteiger partial charge in [0.1, 0.15) is 0 Å². The molecule has 2 aliphatic carbocycles. The van der Waals surface area contributed by atoms with Gasteiger partial charge in [-0.3, -0.25) is 15.0 Å². The minimum atomic E-state index is 0.591. The highest BCUT2D eigenvalue weighted by Crippen LogP contribution is 2.35. The zero-order valence-corrected chi connectivity index (χ0v) is 20.8. The smallest absolute Gasteiger partial charge is 0.0925 e. The molecule has 0 bridgehead atoms. The molecule has 0 unspecified atom stereocenters. The summed E-state index contributed by atoms with van der Waals surface area (Å²) in [6.07, 6.45) is 6.40. The number of hydrogen-bond acceptors (Lipinski definition) is 4. The quantitative estimate of drug-likeness (QED) is 0.395. The molecule has 0 fully saturated rings. The van der Waals surface area contributed by atoms with Gasteiger partial charge in [-0.2, -0.15) is 0 Å². The molecular weight excluding hydrogens is 404 g/mol. The molecular formula is C29H34N4. The van der Waals surface area contributed by atoms with Gasteiger partial charge in [-0.15, -0.1) is 0 Å². The SMILES string of the molecule is CC.CC.Cc1ccc2c(n1)C1=NCc3nc4c(cc3C=C1CC2)CCc1ccc(C)nc1-4. The normalized spacial score (nSPS) is 14.7. The minimum Gasteiger partial charge on any atom is -0.276 e. The third-order valence-corrected chi connectivity index (χ3v) is 6.25. The van der Waals surface area contributed by atoms with Crippen LogP contribution >= 0.6 is 0 Å². The Balaban J connectivity index is 0.000000617. The summed E-state index contributed by atoms with van der Waals surface area (Å²) in [4.78, 5) is 19.7. The predicted octanol–water partition coefficient (Wildman–Crippen LogP) is 6.64. The number of aryl methyl sites for hydroxylation is 5. The molecule has 0 amide bonds. The van der Waals surface area contributed by atoms with Gasteiger partial charge in [0.15, 0.2) is 0 Å². The van der Waals surface area contributed by atoms with Crippen molar-refractivity contribution in [3.8, 4) is 11.4 Å². The van der Waals surface area contributed by atoms with Crippen molar-refractivity contribution in [2.24, 2.45) is 4.99 Å². The van der Waals surface area contributed by atoms with E-state index in [0.717, 1.165) is 65.6 Å². The van der Waals surface area contributed by atoms with Crippen LogP contribution in [0.4, 0.5) is 0 Å². The second kappa shape index (κ2) is 9.78. The van der Waals surface area contributed by atoms with Crippen LogP contribution in [0, 0.1) is 13.8 Å². The molecule has 1 aliphatic heterocycles. The van der Waals surface area contributed by atoms with E-state index in [1.54, 1.807) is 0 Å². The van der Waals surface area contributed by atoms with Gasteiger partial charge < -0.3 is 0 Å². The van der Waals surface area contributed by atoms with Crippen LogP contribution in [0.15, 0.2) is 40.9 Å². The lowest BCUT2D eigenvalue weighted by Crippen LogP contribution is -2.17. The lowest BCUT2D eigenvalue weighted by molar-refractivity contribution is 0.886. The molecule has 0 aromatic carbocycles. The van der Waals surface area contributed by atoms with E-state index in [9.17, 15) is 0 Å². The van der Waals surface area contributed by atoms with Gasteiger partial charge in [0.2, 0.25) is 0 Å². The lowest BCUT2D eigenvalue weighted by Gasteiger charge is -2.20. The van der Waals surface area contributed by atoms with Gasteiger partial charge in [-0.1, -0.05) is 39.8 Å². The third-order valence-electron chi connectivity index (χ3n) is 6.25. The number of fused-ring (bicyclic) bond motifs is 7. The lowest BCUT2D eigenvalue weighted by atomic mass is 9.87. The number of pyridine rings is 3. The number of aromatic nitrogens is 3. The zero-order valence-electron chi connectivity index (χ0n) is 20.8. The Morgan fingerprint density at radius 3 is 1.94 bits per heavy atom. The van der Waals surface area contributed by atoms with E-state index in [0.29, 0.717) is 6.54 Å². The molecule has 0 radical (unpaired) electrons. The molecule has 3 aromatic heterocycles. The van der Waals surface area contributed by atoms with Crippen LogP contribution in [-0.4, -0.2) is 20.7 Å². The maximum absolute atomic E-state index is 5.09. The molecule has 33 heavy (non-hydrogen) atoms. The number of nitrogens with zero attached hydrogens (tertiary/aromatic N) is 4. The summed E-state index contributed by atoms with van der Waals surface area (Å²) in [7, 11) is 0. The first-order chi connectivity index (χ1) is 16.2. The molecule has 6 rings (SSSR count). The van der Waals surface area contributed by atoms with Crippen LogP contribution in [0.3, 0.4) is 0 Å². The van der Waals surface area contributed by atoms with Crippen molar-refractivity contribution < 1.29 is 0 Å². The van der Waals surface area contributed by atoms with E-state index < -0.39 is 0 Å². The highest BCUT2D eigenvalue weighted by Gasteiger charge is 2.26. The van der Waals surface area contributed by atoms with Crippen LogP contribution in [0.1, 0.15) is 79.1 Å². The highest BCUT2D eigenvalue weighted by atomic mass is 14.9. The Kier molecular flexibility index (Phi) is 6.83. The summed E-state index contributed by atoms with van der Waals surface area (Å²) >= 11 is 0. The molecule has 0 N–H and O–H groups in total. The van der Waals surface area contributed by atoms with Crippen LogP contribution in [0.5, 0.6) is 0 Å². The van der Waals surface area contributed by atoms with Crippen molar-refractivity contribution in [1.82, 2.24) is 15.0 Å². The van der Waals surface area contributed by atoms with E-state index in [1.807, 2.05) is 41.5 Å². The van der Waals surface area contributed by atoms with Crippen molar-refractivity contribution >= 4 is 11.8 Å². The standard InChI is InChI=1S/C25H22N4.2C2H6/c1-14-3-5-16-7-9-18-11-20-12-19-10-8-17-6-4-15(2)28-24(17)25(19)29-21(20)13-26-22(18)23(16)27-14;2*1-2/h3-6,11-12H,7-10,13H2,1-2H3;2*1-2H3. The fraction of sp³-hybridized carbons (Fsp3) is 0.379. The number of allylic oxidation sites excluding steroid dienone is 1. The zero-order chi connectivity index (χ0) is 23.5. The van der Waals surface area contributed by atoms with Crippen molar-refractivity contribution in [3.63, 3.8) is 0 Å². The van der Waals surface area contributed by atoms with Crippen LogP contribution in [0.2, 0.25) is 0 Å². The fourth-order valence-electron chi connectivity index (χ4n) is 4.71. The highest BCUT2D eigenvalue weighted by molar-refractivity contribution is 6.16. The Hall–Kier alpha value is -3.14. The van der Waals surface area contributed by atoms with Gasteiger partial charge in [0.05, 0.1) is 35.0 Å². The summed E-state index contributed by atoms with van der Waals surface area (Å²) in [5, 5.41) is 0. The summed E-state index contributed by atoms with van der Waals surface area (Å²) in [6, 6.07) is 10.9. The molecule has 4 heteroatoms. The van der Waals surface area contributed by atoms with Crippen molar-refractivity contribution in [2.75, 3.05) is 0 Å². The Morgan fingerprint density at radius 1 is 0.636 bits per heavy atom. The molecule has 0 saturated carbocycles. The summed E-state index contributed by atoms with van der Waals surface area (Å²) < 4.78 is 0. The minimum absolute atomic E-state index is 0.591. The van der Waals surface area contributed by atoms with Gasteiger partial charge >= 0.3 is 0 Å². The van der Waals surface area contributed by atoms with Gasteiger partial charge in [-0.25, -0.2) is 4.98 Å². The fourth-order valence-corrected chi connectivity index (χ4v) is 4.71. The van der Waals surface area contributed by atoms with Crippen LogP contribution in [0.25, 0.3) is 17.5 Å². The largest absolute Gasteiger partial charge is 0.276 e. The third kappa shape index (κ3) is 4.27. The molecule has 0 saturated heterocycles. The molecule has 4 nitrogen and oxygen atoms in total. The number of aliphatic imine (C=N–C) groups is 1. The number of rotatable bonds is 0. The molecule has 170 valence electrons. The van der Waals surface area contributed by atoms with E-state index in [2.05, 4.69) is 36.4 Å². The Labute approximate surface area is 198 Å². The molecule has 4 heterocycles. The van der Waals surface area contributed by atoms with E-state index in [-0.39, 0.29) is 0 Å². The molecule has 3 aliphatic rings. The van der Waals surface area contributed by atoms with Gasteiger partial charge in [-0.05, 0) is 91.6 Å². The summed E-state index contributed by atoms with van der Waals surface area (Å²) in [6.45, 7) is 12.7. The van der Waals surface area contributed by atoms with Crippen molar-refractivity contribution in [2.45, 2.75) is 73.8 Å². The maximum Gasteiger partial charge on any atom is 0.0925 e. The Bertz CT molecular complexity index is 1250. The Morgan fingerprint density at radius 2 is 1.21 bits per heavy atom. The van der Waals surface area contributed by atoms with Crippen LogP contribution < -0.4 is 0 Å². The van der Waals surface area contributed by atoms with Gasteiger partial charge in [0.25, 0.3) is 0 Å². The van der Waals surface area contributed by atoms with E-state index in [1.165, 1.54) is 27.8 Å². The maximum atomic E-state index is 5.09. The first-order valence-electron chi connectivity index (χ1n) is 12.4. The summed E-state index contributed by atoms with van der Waals surface area (Å²) in [5.41, 5.74) is 13.8. The second-order valence-electron chi connectivity index (χ2n) is 8.29. The van der Waals surface area contributed by atoms with E-state index >= 15 is 0 Å². The van der Waals surface area contributed by atoms with Crippen molar-refractivity contribution in [1.29, 1.82) is 0 Å². The average molecular weight is 439 g/mol. The topological polar surface area (TPSA) is 51.0 Å². The number of hydrogen-bond donors (Lipinski definition) is 0.